The molecule has 0 aliphatic heterocycles. The van der Waals surface area contributed by atoms with Gasteiger partial charge in [-0.3, -0.25) is 0 Å². The topological polar surface area (TPSA) is 61.0 Å². The second kappa shape index (κ2) is 8.38. The molecule has 0 saturated heterocycles. The van der Waals surface area contributed by atoms with Crippen LogP contribution in [0.2, 0.25) is 10.0 Å². The van der Waals surface area contributed by atoms with E-state index in [1.165, 1.54) is 17.6 Å². The number of anilines is 1. The molecular weight excluding hydrogens is 446 g/mol. The van der Waals surface area contributed by atoms with Crippen LogP contribution in [0, 0.1) is 0 Å². The molecule has 0 unspecified atom stereocenters. The van der Waals surface area contributed by atoms with Crippen molar-refractivity contribution in [2.24, 2.45) is 0 Å². The van der Waals surface area contributed by atoms with Crippen LogP contribution in [0.4, 0.5) is 18.9 Å². The molecule has 3 aromatic rings. The summed E-state index contributed by atoms with van der Waals surface area (Å²) in [6, 6.07) is 7.52. The second-order valence-corrected chi connectivity index (χ2v) is 8.12. The van der Waals surface area contributed by atoms with Gasteiger partial charge in [0.05, 0.1) is 21.4 Å². The van der Waals surface area contributed by atoms with E-state index >= 15 is 0 Å². The lowest BCUT2D eigenvalue weighted by molar-refractivity contribution is -0.140. The van der Waals surface area contributed by atoms with Gasteiger partial charge in [0.15, 0.2) is 5.69 Å². The Morgan fingerprint density at radius 2 is 1.79 bits per heavy atom. The molecule has 0 radical (unpaired) electrons. The first-order valence-corrected chi connectivity index (χ1v) is 10.0. The highest BCUT2D eigenvalue weighted by Crippen LogP contribution is 2.40. The van der Waals surface area contributed by atoms with Crippen LogP contribution in [0.25, 0.3) is 11.3 Å². The molecule has 0 amide bonds. The number of aromatic nitrogens is 2. The largest absolute Gasteiger partial charge is 0.473 e. The molecule has 154 valence electrons. The number of pyridine rings is 1. The van der Waals surface area contributed by atoms with E-state index in [4.69, 9.17) is 33.7 Å². The fourth-order valence-electron chi connectivity index (χ4n) is 2.74. The third-order valence-corrected chi connectivity index (χ3v) is 5.89. The summed E-state index contributed by atoms with van der Waals surface area (Å²) in [5, 5.41) is 0.841. The summed E-state index contributed by atoms with van der Waals surface area (Å²) < 4.78 is 49.2. The number of rotatable bonds is 5. The first-order valence-electron chi connectivity index (χ1n) is 8.49. The van der Waals surface area contributed by atoms with Crippen molar-refractivity contribution in [1.29, 1.82) is 0 Å². The third-order valence-electron chi connectivity index (χ3n) is 4.08. The normalized spacial score (nSPS) is 11.9. The molecule has 1 aromatic carbocycles. The van der Waals surface area contributed by atoms with Gasteiger partial charge in [0.1, 0.15) is 6.61 Å². The zero-order valence-corrected chi connectivity index (χ0v) is 17.7. The van der Waals surface area contributed by atoms with Crippen LogP contribution < -0.4 is 10.5 Å². The average Bonchev–Trinajstić information content (AvgIpc) is 3.04. The zero-order chi connectivity index (χ0) is 21.3. The van der Waals surface area contributed by atoms with Crippen molar-refractivity contribution in [3.05, 3.63) is 56.5 Å². The van der Waals surface area contributed by atoms with E-state index in [0.29, 0.717) is 26.9 Å². The van der Waals surface area contributed by atoms with Crippen LogP contribution in [0.1, 0.15) is 35.9 Å². The Hall–Kier alpha value is -2.03. The third kappa shape index (κ3) is 4.60. The molecule has 2 aromatic heterocycles. The van der Waals surface area contributed by atoms with Gasteiger partial charge in [0, 0.05) is 22.1 Å². The van der Waals surface area contributed by atoms with Crippen LogP contribution in [-0.4, -0.2) is 9.36 Å². The van der Waals surface area contributed by atoms with Crippen LogP contribution in [0.5, 0.6) is 5.88 Å². The minimum Gasteiger partial charge on any atom is -0.473 e. The quantitative estimate of drug-likeness (QED) is 0.452. The second-order valence-electron chi connectivity index (χ2n) is 6.50. The molecular formula is C19H16Cl2F3N3OS. The van der Waals surface area contributed by atoms with Crippen LogP contribution in [-0.2, 0) is 12.8 Å². The number of hydrogen-bond donors (Lipinski definition) is 1. The molecule has 3 rings (SSSR count). The Morgan fingerprint density at radius 3 is 2.38 bits per heavy atom. The summed E-state index contributed by atoms with van der Waals surface area (Å²) in [4.78, 5) is 4.43. The summed E-state index contributed by atoms with van der Waals surface area (Å²) in [6.45, 7) is 3.92. The minimum absolute atomic E-state index is 0.0465. The predicted octanol–water partition coefficient (Wildman–Crippen LogP) is 6.82. The molecule has 29 heavy (non-hydrogen) atoms. The molecule has 2 heterocycles. The van der Waals surface area contributed by atoms with Gasteiger partial charge in [-0.2, -0.15) is 17.5 Å². The van der Waals surface area contributed by atoms with Crippen molar-refractivity contribution in [3.8, 4) is 17.1 Å². The molecule has 0 bridgehead atoms. The molecule has 2 N–H and O–H groups in total. The highest BCUT2D eigenvalue weighted by Gasteiger charge is 2.35. The number of ether oxygens (including phenoxy) is 1. The maximum absolute atomic E-state index is 13.1. The summed E-state index contributed by atoms with van der Waals surface area (Å²) >= 11 is 13.9. The number of alkyl halides is 3. The Kier molecular flexibility index (Phi) is 6.26. The van der Waals surface area contributed by atoms with Gasteiger partial charge in [-0.05, 0) is 35.6 Å². The van der Waals surface area contributed by atoms with Crippen molar-refractivity contribution in [2.45, 2.75) is 32.5 Å². The van der Waals surface area contributed by atoms with Crippen molar-refractivity contribution >= 4 is 40.4 Å². The van der Waals surface area contributed by atoms with Crippen molar-refractivity contribution in [1.82, 2.24) is 9.36 Å². The summed E-state index contributed by atoms with van der Waals surface area (Å²) in [7, 11) is 0. The Balaban J connectivity index is 1.99. The van der Waals surface area contributed by atoms with Crippen LogP contribution in [0.3, 0.4) is 0 Å². The molecule has 0 aliphatic rings. The number of halogens is 5. The molecule has 10 heteroatoms. The van der Waals surface area contributed by atoms with Gasteiger partial charge in [-0.25, -0.2) is 4.98 Å². The smallest absolute Gasteiger partial charge is 0.435 e. The van der Waals surface area contributed by atoms with E-state index in [1.54, 1.807) is 18.2 Å². The molecule has 0 fully saturated rings. The maximum atomic E-state index is 13.1. The lowest BCUT2D eigenvalue weighted by Crippen LogP contribution is -2.12. The SMILES string of the molecule is CC(C)c1snc(-c2c(Cl)cccc2Cl)c1COc1ccc(N)c(C(F)(F)F)n1. The molecule has 0 atom stereocenters. The first-order chi connectivity index (χ1) is 13.6. The Bertz CT molecular complexity index is 1020. The molecule has 4 nitrogen and oxygen atoms in total. The van der Waals surface area contributed by atoms with E-state index in [9.17, 15) is 13.2 Å². The van der Waals surface area contributed by atoms with Crippen molar-refractivity contribution in [3.63, 3.8) is 0 Å². The van der Waals surface area contributed by atoms with E-state index in [1.807, 2.05) is 13.8 Å². The highest BCUT2D eigenvalue weighted by atomic mass is 35.5. The molecule has 0 spiro atoms. The lowest BCUT2D eigenvalue weighted by atomic mass is 10.0. The monoisotopic (exact) mass is 461 g/mol. The lowest BCUT2D eigenvalue weighted by Gasteiger charge is -2.13. The minimum atomic E-state index is -4.67. The molecule has 0 saturated carbocycles. The predicted molar refractivity (Wildman–Crippen MR) is 110 cm³/mol. The van der Waals surface area contributed by atoms with Gasteiger partial charge in [-0.1, -0.05) is 43.1 Å². The van der Waals surface area contributed by atoms with Gasteiger partial charge >= 0.3 is 6.18 Å². The standard InChI is InChI=1S/C19H16Cl2F3N3OS/c1-9(2)17-10(16(27-29-17)15-11(20)4-3-5-12(15)21)8-28-14-7-6-13(25)18(26-14)19(22,23)24/h3-7,9H,8,25H2,1-2H3. The summed E-state index contributed by atoms with van der Waals surface area (Å²) in [5.41, 5.74) is 5.54. The summed E-state index contributed by atoms with van der Waals surface area (Å²) in [6.07, 6.45) is -4.67. The highest BCUT2D eigenvalue weighted by molar-refractivity contribution is 7.06. The van der Waals surface area contributed by atoms with Crippen LogP contribution in [0.15, 0.2) is 30.3 Å². The van der Waals surface area contributed by atoms with Crippen molar-refractivity contribution < 1.29 is 17.9 Å². The maximum Gasteiger partial charge on any atom is 0.435 e. The van der Waals surface area contributed by atoms with Gasteiger partial charge < -0.3 is 10.5 Å². The van der Waals surface area contributed by atoms with Gasteiger partial charge in [0.25, 0.3) is 0 Å². The van der Waals surface area contributed by atoms with Crippen LogP contribution >= 0.6 is 34.7 Å². The molecule has 0 aliphatic carbocycles. The van der Waals surface area contributed by atoms with E-state index < -0.39 is 17.6 Å². The number of nitrogen functional groups attached to an aromatic ring is 1. The number of nitrogens with two attached hydrogens (primary N) is 1. The fraction of sp³-hybridized carbons (Fsp3) is 0.263. The van der Waals surface area contributed by atoms with Gasteiger partial charge in [-0.15, -0.1) is 0 Å². The van der Waals surface area contributed by atoms with E-state index in [-0.39, 0.29) is 18.4 Å². The number of nitrogens with zero attached hydrogens (tertiary/aromatic N) is 2. The van der Waals surface area contributed by atoms with E-state index in [2.05, 4.69) is 9.36 Å². The number of benzene rings is 1. The summed E-state index contributed by atoms with van der Waals surface area (Å²) in [5.74, 6) is -0.0742. The van der Waals surface area contributed by atoms with E-state index in [0.717, 1.165) is 10.9 Å². The average molecular weight is 462 g/mol. The number of hydrogen-bond acceptors (Lipinski definition) is 5. The Labute approximate surface area is 179 Å². The van der Waals surface area contributed by atoms with Crippen molar-refractivity contribution in [2.75, 3.05) is 5.73 Å². The first kappa shape index (κ1) is 21.7. The fourth-order valence-corrected chi connectivity index (χ4v) is 4.19. The zero-order valence-electron chi connectivity index (χ0n) is 15.3. The Morgan fingerprint density at radius 1 is 1.14 bits per heavy atom. The van der Waals surface area contributed by atoms with Gasteiger partial charge in [0.2, 0.25) is 5.88 Å².